The van der Waals surface area contributed by atoms with Gasteiger partial charge in [-0.1, -0.05) is 40.0 Å². The Bertz CT molecular complexity index is 472. The summed E-state index contributed by atoms with van der Waals surface area (Å²) in [6.45, 7) is 9.44. The van der Waals surface area contributed by atoms with E-state index in [1.807, 2.05) is 0 Å². The van der Waals surface area contributed by atoms with Crippen LogP contribution in [0.25, 0.3) is 0 Å². The molecule has 0 radical (unpaired) electrons. The third kappa shape index (κ3) is 36.0. The fourth-order valence-corrected chi connectivity index (χ4v) is 13.9. The molecule has 0 bridgehead atoms. The van der Waals surface area contributed by atoms with Crippen LogP contribution in [0, 0.1) is 0 Å². The van der Waals surface area contributed by atoms with Crippen LogP contribution in [-0.2, 0) is 0 Å². The van der Waals surface area contributed by atoms with Crippen molar-refractivity contribution in [2.75, 3.05) is 24.6 Å². The minimum absolute atomic E-state index is 1.11. The van der Waals surface area contributed by atoms with Gasteiger partial charge in [0.1, 0.15) is 0 Å². The zero-order valence-corrected chi connectivity index (χ0v) is 35.2. The molecule has 0 aromatic heterocycles. The van der Waals surface area contributed by atoms with Crippen molar-refractivity contribution in [1.82, 2.24) is 0 Å². The van der Waals surface area contributed by atoms with E-state index in [0.29, 0.717) is 0 Å². The molecular formula is C46H97P. The van der Waals surface area contributed by atoms with Crippen molar-refractivity contribution in [3.63, 3.8) is 0 Å². The third-order valence-electron chi connectivity index (χ3n) is 11.7. The molecule has 0 aliphatic carbocycles. The predicted molar refractivity (Wildman–Crippen MR) is 226 cm³/mol. The van der Waals surface area contributed by atoms with E-state index in [0.717, 1.165) is 0 Å². The van der Waals surface area contributed by atoms with Gasteiger partial charge in [-0.15, -0.1) is 0 Å². The second-order valence-corrected chi connectivity index (χ2v) is 21.5. The van der Waals surface area contributed by atoms with Crippen LogP contribution in [0.3, 0.4) is 0 Å². The molecule has 0 aliphatic rings. The van der Waals surface area contributed by atoms with Crippen molar-refractivity contribution in [2.45, 2.75) is 272 Å². The number of hydrogen-bond donors (Lipinski definition) is 0. The SMILES string of the molecule is CCCCCCCCCCCCCC[PH](CCCC)(CCCCCCCCCCCCCC)CCCCCCCCCCCCCC. The Morgan fingerprint density at radius 2 is 0.319 bits per heavy atom. The fraction of sp³-hybridized carbons (Fsp3) is 1.00. The van der Waals surface area contributed by atoms with E-state index >= 15 is 0 Å². The van der Waals surface area contributed by atoms with Gasteiger partial charge in [0.25, 0.3) is 0 Å². The summed E-state index contributed by atoms with van der Waals surface area (Å²) in [6, 6.07) is 0. The second kappa shape index (κ2) is 40.9. The van der Waals surface area contributed by atoms with Crippen molar-refractivity contribution in [2.24, 2.45) is 0 Å². The van der Waals surface area contributed by atoms with Crippen molar-refractivity contribution in [3.8, 4) is 0 Å². The summed E-state index contributed by atoms with van der Waals surface area (Å²) in [4.78, 5) is 0. The Balaban J connectivity index is 4.45. The number of unbranched alkanes of at least 4 members (excludes halogenated alkanes) is 34. The molecule has 0 saturated heterocycles. The minimum Gasteiger partial charge on any atom is -0.0654 e. The normalized spacial score (nSPS) is 12.3. The van der Waals surface area contributed by atoms with E-state index in [9.17, 15) is 0 Å². The summed E-state index contributed by atoms with van der Waals surface area (Å²) in [5.74, 6) is 0. The molecule has 0 amide bonds. The quantitative estimate of drug-likeness (QED) is 0.0445. The zero-order valence-electron chi connectivity index (χ0n) is 34.2. The van der Waals surface area contributed by atoms with E-state index in [1.54, 1.807) is 43.9 Å². The van der Waals surface area contributed by atoms with Crippen LogP contribution in [-0.4, -0.2) is 24.6 Å². The summed E-state index contributed by atoms with van der Waals surface area (Å²) < 4.78 is 0. The van der Waals surface area contributed by atoms with Gasteiger partial charge in [-0.3, -0.25) is 0 Å². The molecule has 0 saturated carbocycles. The molecule has 0 nitrogen and oxygen atoms in total. The summed E-state index contributed by atoms with van der Waals surface area (Å²) in [5.41, 5.74) is 0. The van der Waals surface area contributed by atoms with Crippen LogP contribution in [0.1, 0.15) is 272 Å². The van der Waals surface area contributed by atoms with E-state index in [2.05, 4.69) is 27.7 Å². The Hall–Kier alpha value is 0.430. The molecule has 0 heterocycles. The van der Waals surface area contributed by atoms with Gasteiger partial charge in [0.05, 0.1) is 0 Å². The van der Waals surface area contributed by atoms with Crippen LogP contribution >= 0.6 is 7.26 Å². The Morgan fingerprint density at radius 3 is 0.511 bits per heavy atom. The van der Waals surface area contributed by atoms with Gasteiger partial charge >= 0.3 is 264 Å². The Kier molecular flexibility index (Phi) is 41.2. The standard InChI is InChI=1S/C46H97P/c1-5-9-13-16-19-22-25-28-31-34-37-40-44-47(43-12-8-4,45-41-38-35-32-29-26-23-20-17-14-10-6-2)46-42-39-36-33-30-27-24-21-18-15-11-7-3/h47H,5-46H2,1-4H3. The number of hydrogen-bond acceptors (Lipinski definition) is 0. The molecule has 0 N–H and O–H groups in total. The van der Waals surface area contributed by atoms with Crippen LogP contribution in [0.4, 0.5) is 0 Å². The maximum atomic E-state index is 2.45. The molecule has 286 valence electrons. The summed E-state index contributed by atoms with van der Waals surface area (Å²) in [5, 5.41) is 0. The second-order valence-electron chi connectivity index (χ2n) is 16.5. The maximum absolute atomic E-state index is 2.45. The fourth-order valence-electron chi connectivity index (χ4n) is 8.32. The van der Waals surface area contributed by atoms with Crippen LogP contribution < -0.4 is 0 Å². The first kappa shape index (κ1) is 47.4. The van der Waals surface area contributed by atoms with Gasteiger partial charge in [-0.2, -0.15) is 0 Å². The molecular weight excluding hydrogens is 583 g/mol. The van der Waals surface area contributed by atoms with Gasteiger partial charge in [-0.25, -0.2) is 0 Å². The molecule has 0 aromatic rings. The predicted octanol–water partition coefficient (Wildman–Crippen LogP) is 17.6. The van der Waals surface area contributed by atoms with E-state index in [4.69, 9.17) is 0 Å². The van der Waals surface area contributed by atoms with Gasteiger partial charge in [0.15, 0.2) is 0 Å². The van der Waals surface area contributed by atoms with E-state index in [-0.39, 0.29) is 0 Å². The average molecular weight is 681 g/mol. The van der Waals surface area contributed by atoms with Crippen LogP contribution in [0.5, 0.6) is 0 Å². The van der Waals surface area contributed by atoms with Gasteiger partial charge in [-0.05, 0) is 0 Å². The average Bonchev–Trinajstić information content (AvgIpc) is 3.08. The first-order valence-corrected chi connectivity index (χ1v) is 26.1. The van der Waals surface area contributed by atoms with Crippen LogP contribution in [0.2, 0.25) is 0 Å². The summed E-state index contributed by atoms with van der Waals surface area (Å²) in [6.07, 6.45) is 63.4. The summed E-state index contributed by atoms with van der Waals surface area (Å²) in [7, 11) is -1.11. The molecule has 0 atom stereocenters. The van der Waals surface area contributed by atoms with Crippen molar-refractivity contribution in [1.29, 1.82) is 0 Å². The molecule has 47 heavy (non-hydrogen) atoms. The summed E-state index contributed by atoms with van der Waals surface area (Å²) >= 11 is 0. The molecule has 0 aliphatic heterocycles. The monoisotopic (exact) mass is 681 g/mol. The molecule has 0 unspecified atom stereocenters. The van der Waals surface area contributed by atoms with E-state index in [1.165, 1.54) is 225 Å². The van der Waals surface area contributed by atoms with Crippen molar-refractivity contribution < 1.29 is 0 Å². The Morgan fingerprint density at radius 1 is 0.170 bits per heavy atom. The first-order chi connectivity index (χ1) is 23.2. The van der Waals surface area contributed by atoms with Gasteiger partial charge in [0, 0.05) is 0 Å². The first-order valence-electron chi connectivity index (χ1n) is 23.2. The van der Waals surface area contributed by atoms with Crippen molar-refractivity contribution in [3.05, 3.63) is 0 Å². The van der Waals surface area contributed by atoms with Gasteiger partial charge in [0.2, 0.25) is 0 Å². The molecule has 0 aromatic carbocycles. The van der Waals surface area contributed by atoms with E-state index < -0.39 is 7.26 Å². The Labute approximate surface area is 302 Å². The molecule has 0 fully saturated rings. The van der Waals surface area contributed by atoms with Gasteiger partial charge < -0.3 is 0 Å². The minimum atomic E-state index is -1.11. The molecule has 0 spiro atoms. The topological polar surface area (TPSA) is 0 Å². The van der Waals surface area contributed by atoms with Crippen LogP contribution in [0.15, 0.2) is 0 Å². The van der Waals surface area contributed by atoms with Crippen molar-refractivity contribution >= 4 is 7.26 Å². The number of rotatable bonds is 42. The zero-order chi connectivity index (χ0) is 34.2. The third-order valence-corrected chi connectivity index (χ3v) is 17.4. The molecule has 0 rings (SSSR count). The molecule has 1 heteroatoms. The smallest absolute Gasteiger partial charge is 0.0654 e.